The SMILES string of the molecule is COc1cccc([N+]2(CC(N)=O)N=Cc3c(-c4ccco4)nc(N)nc32)c1. The van der Waals surface area contributed by atoms with Crippen LogP contribution in [0.1, 0.15) is 5.56 Å². The van der Waals surface area contributed by atoms with Crippen LogP contribution in [0.3, 0.4) is 0 Å². The Morgan fingerprint density at radius 3 is 2.81 bits per heavy atom. The first-order valence-electron chi connectivity index (χ1n) is 8.12. The van der Waals surface area contributed by atoms with Gasteiger partial charge in [-0.05, 0) is 18.2 Å². The summed E-state index contributed by atoms with van der Waals surface area (Å²) in [5, 5.41) is 4.59. The zero-order valence-electron chi connectivity index (χ0n) is 14.5. The fourth-order valence-electron chi connectivity index (χ4n) is 3.15. The van der Waals surface area contributed by atoms with Crippen molar-refractivity contribution < 1.29 is 13.9 Å². The van der Waals surface area contributed by atoms with Crippen molar-refractivity contribution in [2.24, 2.45) is 10.8 Å². The van der Waals surface area contributed by atoms with Crippen LogP contribution in [-0.4, -0.2) is 35.7 Å². The second kappa shape index (κ2) is 6.22. The van der Waals surface area contributed by atoms with Crippen molar-refractivity contribution in [1.82, 2.24) is 14.6 Å². The van der Waals surface area contributed by atoms with Gasteiger partial charge in [0.2, 0.25) is 5.95 Å². The van der Waals surface area contributed by atoms with E-state index in [1.165, 1.54) is 0 Å². The van der Waals surface area contributed by atoms with Crippen LogP contribution in [0.25, 0.3) is 11.5 Å². The minimum Gasteiger partial charge on any atom is -0.497 e. The molecule has 1 unspecified atom stereocenters. The van der Waals surface area contributed by atoms with Gasteiger partial charge in [-0.2, -0.15) is 4.98 Å². The molecule has 0 spiro atoms. The number of methoxy groups -OCH3 is 1. The van der Waals surface area contributed by atoms with Crippen molar-refractivity contribution in [2.75, 3.05) is 19.4 Å². The van der Waals surface area contributed by atoms with Gasteiger partial charge in [-0.25, -0.2) is 4.98 Å². The predicted octanol–water partition coefficient (Wildman–Crippen LogP) is 1.80. The number of nitrogen functional groups attached to an aromatic ring is 1. The predicted molar refractivity (Wildman–Crippen MR) is 100 cm³/mol. The number of nitrogens with two attached hydrogens (primary N) is 2. The van der Waals surface area contributed by atoms with E-state index in [1.807, 2.05) is 6.07 Å². The lowest BCUT2D eigenvalue weighted by atomic mass is 10.1. The molecule has 3 heterocycles. The van der Waals surface area contributed by atoms with Gasteiger partial charge in [-0.1, -0.05) is 11.2 Å². The van der Waals surface area contributed by atoms with Gasteiger partial charge in [0.15, 0.2) is 18.0 Å². The van der Waals surface area contributed by atoms with Crippen molar-refractivity contribution in [3.63, 3.8) is 0 Å². The number of rotatable bonds is 5. The van der Waals surface area contributed by atoms with Crippen LogP contribution >= 0.6 is 0 Å². The molecule has 3 aromatic rings. The maximum atomic E-state index is 11.9. The number of hydrogen-bond acceptors (Lipinski definition) is 7. The minimum atomic E-state index is -0.542. The van der Waals surface area contributed by atoms with E-state index >= 15 is 0 Å². The third-order valence-corrected chi connectivity index (χ3v) is 4.30. The molecular formula is C18H17N6O3+. The van der Waals surface area contributed by atoms with Gasteiger partial charge in [0.1, 0.15) is 23.2 Å². The maximum absolute atomic E-state index is 11.9. The van der Waals surface area contributed by atoms with Crippen LogP contribution in [0.5, 0.6) is 5.75 Å². The van der Waals surface area contributed by atoms with Crippen LogP contribution < -0.4 is 20.8 Å². The first kappa shape index (κ1) is 16.7. The standard InChI is InChI=1S/C18H16N6O3/c1-26-12-5-2-4-11(8-12)24(10-15(19)25)17-13(9-21-24)16(22-18(20)23-17)14-6-3-7-27-14/h2-9H,10H2,1H3,(H3-,19,20,21,22,23,25)/p+1. The molecule has 0 aliphatic carbocycles. The molecule has 0 saturated carbocycles. The molecule has 9 nitrogen and oxygen atoms in total. The average molecular weight is 365 g/mol. The number of hydrogen-bond donors (Lipinski definition) is 2. The average Bonchev–Trinajstić information content (AvgIpc) is 3.30. The van der Waals surface area contributed by atoms with Gasteiger partial charge in [0, 0.05) is 12.1 Å². The minimum absolute atomic E-state index is 0.0421. The number of benzene rings is 1. The van der Waals surface area contributed by atoms with E-state index in [9.17, 15) is 4.79 Å². The number of carbonyl (C=O) groups excluding carboxylic acids is 1. The van der Waals surface area contributed by atoms with Crippen molar-refractivity contribution in [3.05, 3.63) is 48.2 Å². The van der Waals surface area contributed by atoms with Gasteiger partial charge in [-0.15, -0.1) is 4.59 Å². The second-order valence-corrected chi connectivity index (χ2v) is 5.98. The van der Waals surface area contributed by atoms with Gasteiger partial charge in [-0.3, -0.25) is 4.79 Å². The molecule has 27 heavy (non-hydrogen) atoms. The lowest BCUT2D eigenvalue weighted by molar-refractivity contribution is -0.118. The summed E-state index contributed by atoms with van der Waals surface area (Å²) in [6.45, 7) is -0.134. The zero-order chi connectivity index (χ0) is 19.0. The molecular weight excluding hydrogens is 348 g/mol. The van der Waals surface area contributed by atoms with Gasteiger partial charge in [0.25, 0.3) is 11.7 Å². The fraction of sp³-hybridized carbons (Fsp3) is 0.111. The molecule has 1 atom stereocenters. The number of furan rings is 1. The lowest BCUT2D eigenvalue weighted by Gasteiger charge is -2.26. The summed E-state index contributed by atoms with van der Waals surface area (Å²) in [6, 6.07) is 10.7. The third-order valence-electron chi connectivity index (χ3n) is 4.30. The molecule has 9 heteroatoms. The summed E-state index contributed by atoms with van der Waals surface area (Å²) in [6.07, 6.45) is 3.15. The Labute approximate surface area is 154 Å². The Kier molecular flexibility index (Phi) is 3.85. The van der Waals surface area contributed by atoms with E-state index in [1.54, 1.807) is 49.9 Å². The Hall–Kier alpha value is -3.72. The number of fused-ring (bicyclic) bond motifs is 1. The smallest absolute Gasteiger partial charge is 0.276 e. The first-order valence-corrected chi connectivity index (χ1v) is 8.12. The van der Waals surface area contributed by atoms with Crippen LogP contribution in [0.2, 0.25) is 0 Å². The molecule has 0 bridgehead atoms. The van der Waals surface area contributed by atoms with Crippen LogP contribution in [0.4, 0.5) is 17.5 Å². The molecule has 1 amide bonds. The summed E-state index contributed by atoms with van der Waals surface area (Å²) in [5.74, 6) is 1.09. The summed E-state index contributed by atoms with van der Waals surface area (Å²) >= 11 is 0. The zero-order valence-corrected chi connectivity index (χ0v) is 14.5. The topological polar surface area (TPSA) is 130 Å². The second-order valence-electron chi connectivity index (χ2n) is 5.98. The van der Waals surface area contributed by atoms with E-state index in [0.29, 0.717) is 34.3 Å². The molecule has 4 N–H and O–H groups in total. The number of amides is 1. The highest BCUT2D eigenvalue weighted by Crippen LogP contribution is 2.43. The van der Waals surface area contributed by atoms with Gasteiger partial charge >= 0.3 is 0 Å². The van der Waals surface area contributed by atoms with E-state index in [4.69, 9.17) is 20.6 Å². The highest BCUT2D eigenvalue weighted by molar-refractivity contribution is 5.99. The maximum Gasteiger partial charge on any atom is 0.276 e. The first-order chi connectivity index (χ1) is 13.0. The Bertz CT molecular complexity index is 1050. The third kappa shape index (κ3) is 2.70. The van der Waals surface area contributed by atoms with Crippen LogP contribution in [0.15, 0.2) is 52.2 Å². The molecule has 0 radical (unpaired) electrons. The molecule has 1 aromatic carbocycles. The number of ether oxygens (including phenoxy) is 1. The molecule has 2 aromatic heterocycles. The van der Waals surface area contributed by atoms with Crippen molar-refractivity contribution in [1.29, 1.82) is 0 Å². The Balaban J connectivity index is 1.97. The van der Waals surface area contributed by atoms with Crippen molar-refractivity contribution >= 4 is 29.6 Å². The number of anilines is 1. The van der Waals surface area contributed by atoms with Crippen LogP contribution in [0, 0.1) is 0 Å². The lowest BCUT2D eigenvalue weighted by Crippen LogP contribution is -2.44. The summed E-state index contributed by atoms with van der Waals surface area (Å²) in [5.41, 5.74) is 13.3. The number of quaternary nitrogens is 1. The van der Waals surface area contributed by atoms with Gasteiger partial charge < -0.3 is 20.6 Å². The number of aromatic nitrogens is 2. The van der Waals surface area contributed by atoms with Crippen molar-refractivity contribution in [2.45, 2.75) is 0 Å². The molecule has 0 fully saturated rings. The van der Waals surface area contributed by atoms with E-state index < -0.39 is 5.91 Å². The van der Waals surface area contributed by atoms with Gasteiger partial charge in [0.05, 0.1) is 13.4 Å². The molecule has 136 valence electrons. The summed E-state index contributed by atoms with van der Waals surface area (Å²) in [4.78, 5) is 20.6. The van der Waals surface area contributed by atoms with E-state index in [-0.39, 0.29) is 17.1 Å². The summed E-state index contributed by atoms with van der Waals surface area (Å²) < 4.78 is 10.5. The molecule has 4 rings (SSSR count). The fourth-order valence-corrected chi connectivity index (χ4v) is 3.15. The highest BCUT2D eigenvalue weighted by atomic mass is 16.5. The monoisotopic (exact) mass is 365 g/mol. The largest absolute Gasteiger partial charge is 0.497 e. The molecule has 0 saturated heterocycles. The van der Waals surface area contributed by atoms with E-state index in [2.05, 4.69) is 15.1 Å². The quantitative estimate of drug-likeness (QED) is 0.663. The van der Waals surface area contributed by atoms with Crippen LogP contribution in [-0.2, 0) is 4.79 Å². The summed E-state index contributed by atoms with van der Waals surface area (Å²) in [7, 11) is 1.56. The number of primary amides is 1. The number of carbonyl (C=O) groups is 1. The Morgan fingerprint density at radius 2 is 2.11 bits per heavy atom. The van der Waals surface area contributed by atoms with Crippen molar-refractivity contribution in [3.8, 4) is 17.2 Å². The normalized spacial score (nSPS) is 17.7. The molecule has 1 aliphatic rings. The number of nitrogens with zero attached hydrogens (tertiary/aromatic N) is 4. The van der Waals surface area contributed by atoms with E-state index in [0.717, 1.165) is 0 Å². The molecule has 1 aliphatic heterocycles. The highest BCUT2D eigenvalue weighted by Gasteiger charge is 2.45. The Morgan fingerprint density at radius 1 is 1.26 bits per heavy atom.